The Morgan fingerprint density at radius 3 is 2.58 bits per heavy atom. The van der Waals surface area contributed by atoms with Gasteiger partial charge in [-0.3, -0.25) is 14.2 Å². The minimum atomic E-state index is -0.0122. The molecule has 0 aliphatic rings. The average molecular weight is 396 g/mol. The summed E-state index contributed by atoms with van der Waals surface area (Å²) in [5, 5.41) is 4.37. The highest BCUT2D eigenvalue weighted by Crippen LogP contribution is 2.28. The molecule has 2 aromatic heterocycles. The number of thiophene rings is 1. The summed E-state index contributed by atoms with van der Waals surface area (Å²) in [6.07, 6.45) is 2.07. The second-order valence-corrected chi connectivity index (χ2v) is 9.28. The molecule has 26 heavy (non-hydrogen) atoms. The normalized spacial score (nSPS) is 12.7. The van der Waals surface area contributed by atoms with Gasteiger partial charge in [-0.25, -0.2) is 4.98 Å². The third-order valence-corrected chi connectivity index (χ3v) is 6.56. The zero-order valence-corrected chi connectivity index (χ0v) is 18.1. The molecule has 144 valence electrons. The van der Waals surface area contributed by atoms with Crippen molar-refractivity contribution in [1.29, 1.82) is 0 Å². The third kappa shape index (κ3) is 4.88. The summed E-state index contributed by atoms with van der Waals surface area (Å²) in [6, 6.07) is 0.164. The second kappa shape index (κ2) is 9.04. The molecule has 0 spiro atoms. The van der Waals surface area contributed by atoms with Gasteiger partial charge < -0.3 is 5.32 Å². The molecule has 7 heteroatoms. The van der Waals surface area contributed by atoms with E-state index in [-0.39, 0.29) is 23.3 Å². The molecule has 0 saturated heterocycles. The molecule has 0 aliphatic carbocycles. The van der Waals surface area contributed by atoms with Crippen molar-refractivity contribution >= 4 is 39.2 Å². The van der Waals surface area contributed by atoms with Gasteiger partial charge in [0.05, 0.1) is 11.1 Å². The molecule has 0 aliphatic heterocycles. The summed E-state index contributed by atoms with van der Waals surface area (Å²) in [6.45, 7) is 12.9. The van der Waals surface area contributed by atoms with Crippen molar-refractivity contribution < 1.29 is 4.79 Å². The molecule has 0 unspecified atom stereocenters. The number of aryl methyl sites for hydroxylation is 2. The number of carbonyl (C=O) groups excluding carboxylic acids is 1. The van der Waals surface area contributed by atoms with Crippen molar-refractivity contribution in [2.24, 2.45) is 5.92 Å². The summed E-state index contributed by atoms with van der Waals surface area (Å²) in [5.41, 5.74) is 1.01. The summed E-state index contributed by atoms with van der Waals surface area (Å²) < 4.78 is 1.67. The Hall–Kier alpha value is -1.34. The number of amides is 1. The lowest BCUT2D eigenvalue weighted by molar-refractivity contribution is -0.119. The van der Waals surface area contributed by atoms with Crippen LogP contribution in [0, 0.1) is 19.8 Å². The van der Waals surface area contributed by atoms with Gasteiger partial charge in [-0.1, -0.05) is 25.6 Å². The highest BCUT2D eigenvalue weighted by Gasteiger charge is 2.17. The number of fused-ring (bicyclic) bond motifs is 1. The van der Waals surface area contributed by atoms with Crippen LogP contribution in [0.1, 0.15) is 51.0 Å². The van der Waals surface area contributed by atoms with Gasteiger partial charge in [-0.15, -0.1) is 11.3 Å². The summed E-state index contributed by atoms with van der Waals surface area (Å²) in [5.74, 6) is 0.894. The van der Waals surface area contributed by atoms with Crippen molar-refractivity contribution in [3.63, 3.8) is 0 Å². The number of hydrogen-bond acceptors (Lipinski definition) is 5. The van der Waals surface area contributed by atoms with E-state index in [1.807, 2.05) is 27.7 Å². The third-order valence-electron chi connectivity index (χ3n) is 4.49. The van der Waals surface area contributed by atoms with Crippen LogP contribution < -0.4 is 10.9 Å². The summed E-state index contributed by atoms with van der Waals surface area (Å²) in [7, 11) is 0. The Kier molecular flexibility index (Phi) is 7.29. The quantitative estimate of drug-likeness (QED) is 0.539. The Bertz CT molecular complexity index is 839. The number of rotatable bonds is 8. The molecule has 0 aromatic carbocycles. The standard InChI is InChI=1S/C19H29N3O2S2/c1-7-22-18(24)16-13(5)14(6)26-17(16)21-19(22)25-10-15(23)20-12(4)9-8-11(2)3/h11-12H,7-10H2,1-6H3,(H,20,23)/t12-/m1/s1. The van der Waals surface area contributed by atoms with Crippen LogP contribution >= 0.6 is 23.1 Å². The molecule has 1 amide bonds. The van der Waals surface area contributed by atoms with Crippen LogP contribution in [0.5, 0.6) is 0 Å². The van der Waals surface area contributed by atoms with Crippen LogP contribution in [0.15, 0.2) is 9.95 Å². The molecule has 2 rings (SSSR count). The van der Waals surface area contributed by atoms with Gasteiger partial charge in [0.2, 0.25) is 5.91 Å². The second-order valence-electron chi connectivity index (χ2n) is 7.14. The molecular weight excluding hydrogens is 366 g/mol. The zero-order chi connectivity index (χ0) is 19.4. The van der Waals surface area contributed by atoms with E-state index in [9.17, 15) is 9.59 Å². The maximum atomic E-state index is 12.8. The first-order chi connectivity index (χ1) is 12.2. The van der Waals surface area contributed by atoms with E-state index in [2.05, 4.69) is 24.1 Å². The van der Waals surface area contributed by atoms with Crippen molar-refractivity contribution in [1.82, 2.24) is 14.9 Å². The van der Waals surface area contributed by atoms with Crippen LogP contribution in [0.25, 0.3) is 10.2 Å². The van der Waals surface area contributed by atoms with Crippen LogP contribution in [-0.2, 0) is 11.3 Å². The predicted octanol–water partition coefficient (Wildman–Crippen LogP) is 4.13. The number of carbonyl (C=O) groups is 1. The van der Waals surface area contributed by atoms with Gasteiger partial charge in [0, 0.05) is 17.5 Å². The minimum absolute atomic E-state index is 0.00689. The van der Waals surface area contributed by atoms with Gasteiger partial charge in [-0.05, 0) is 52.0 Å². The number of nitrogens with zero attached hydrogens (tertiary/aromatic N) is 2. The number of aromatic nitrogens is 2. The molecule has 1 N–H and O–H groups in total. The van der Waals surface area contributed by atoms with E-state index in [1.54, 1.807) is 15.9 Å². The highest BCUT2D eigenvalue weighted by molar-refractivity contribution is 7.99. The first-order valence-corrected chi connectivity index (χ1v) is 11.0. The monoisotopic (exact) mass is 395 g/mol. The van der Waals surface area contributed by atoms with E-state index >= 15 is 0 Å². The van der Waals surface area contributed by atoms with Crippen LogP contribution in [0.3, 0.4) is 0 Å². The Balaban J connectivity index is 2.11. The van der Waals surface area contributed by atoms with Gasteiger partial charge in [0.15, 0.2) is 5.16 Å². The molecule has 2 heterocycles. The van der Waals surface area contributed by atoms with Gasteiger partial charge in [0.1, 0.15) is 4.83 Å². The van der Waals surface area contributed by atoms with Gasteiger partial charge >= 0.3 is 0 Å². The van der Waals surface area contributed by atoms with Crippen LogP contribution in [0.4, 0.5) is 0 Å². The molecule has 0 radical (unpaired) electrons. The molecule has 0 saturated carbocycles. The average Bonchev–Trinajstić information content (AvgIpc) is 2.85. The first kappa shape index (κ1) is 21.0. The molecule has 5 nitrogen and oxygen atoms in total. The van der Waals surface area contributed by atoms with E-state index < -0.39 is 0 Å². The van der Waals surface area contributed by atoms with E-state index in [0.717, 1.165) is 28.1 Å². The SMILES string of the molecule is CCn1c(SCC(=O)N[C@H](C)CCC(C)C)nc2sc(C)c(C)c2c1=O. The van der Waals surface area contributed by atoms with Crippen molar-refractivity contribution in [2.75, 3.05) is 5.75 Å². The Labute approximate surface area is 163 Å². The Morgan fingerprint density at radius 1 is 1.27 bits per heavy atom. The van der Waals surface area contributed by atoms with Crippen molar-refractivity contribution in [2.45, 2.75) is 72.1 Å². The lowest BCUT2D eigenvalue weighted by Gasteiger charge is -2.15. The zero-order valence-electron chi connectivity index (χ0n) is 16.5. The maximum Gasteiger partial charge on any atom is 0.263 e. The molecule has 0 bridgehead atoms. The molecular formula is C19H29N3O2S2. The van der Waals surface area contributed by atoms with E-state index in [1.165, 1.54) is 11.8 Å². The smallest absolute Gasteiger partial charge is 0.263 e. The summed E-state index contributed by atoms with van der Waals surface area (Å²) >= 11 is 2.88. The maximum absolute atomic E-state index is 12.8. The fourth-order valence-corrected chi connectivity index (χ4v) is 4.74. The Morgan fingerprint density at radius 2 is 1.96 bits per heavy atom. The number of nitrogens with one attached hydrogen (secondary N) is 1. The molecule has 0 fully saturated rings. The largest absolute Gasteiger partial charge is 0.353 e. The topological polar surface area (TPSA) is 64.0 Å². The van der Waals surface area contributed by atoms with Crippen LogP contribution in [-0.4, -0.2) is 27.3 Å². The lowest BCUT2D eigenvalue weighted by Crippen LogP contribution is -2.34. The minimum Gasteiger partial charge on any atom is -0.353 e. The van der Waals surface area contributed by atoms with Crippen molar-refractivity contribution in [3.05, 3.63) is 20.8 Å². The lowest BCUT2D eigenvalue weighted by atomic mass is 10.0. The van der Waals surface area contributed by atoms with Crippen molar-refractivity contribution in [3.8, 4) is 0 Å². The summed E-state index contributed by atoms with van der Waals surface area (Å²) in [4.78, 5) is 31.6. The van der Waals surface area contributed by atoms with E-state index in [0.29, 0.717) is 23.0 Å². The fraction of sp³-hybridized carbons (Fsp3) is 0.632. The number of thioether (sulfide) groups is 1. The highest BCUT2D eigenvalue weighted by atomic mass is 32.2. The van der Waals surface area contributed by atoms with E-state index in [4.69, 9.17) is 0 Å². The van der Waals surface area contributed by atoms with Crippen LogP contribution in [0.2, 0.25) is 0 Å². The number of hydrogen-bond donors (Lipinski definition) is 1. The molecule has 2 aromatic rings. The predicted molar refractivity (Wildman–Crippen MR) is 111 cm³/mol. The first-order valence-electron chi connectivity index (χ1n) is 9.17. The molecule has 1 atom stereocenters. The fourth-order valence-electron chi connectivity index (χ4n) is 2.80. The van der Waals surface area contributed by atoms with Gasteiger partial charge in [0.25, 0.3) is 5.56 Å². The van der Waals surface area contributed by atoms with Gasteiger partial charge in [-0.2, -0.15) is 0 Å².